The summed E-state index contributed by atoms with van der Waals surface area (Å²) in [5.41, 5.74) is 2.49. The molecule has 0 aliphatic heterocycles. The standard InChI is InChI=1S/C27H19N3O7/c1-36-27(33)23-16-25(37-29-23)20-3-2-4-21(15-20)28-26(32)19-8-5-17(6-9-19)7-14-24(31)18-10-12-22(13-11-18)30(34)35/h2-16H,1H3,(H,28,32)/b14-7+. The number of methoxy groups -OCH3 is 1. The molecule has 3 aromatic carbocycles. The minimum Gasteiger partial charge on any atom is -0.464 e. The van der Waals surface area contributed by atoms with Crippen molar-refractivity contribution in [3.63, 3.8) is 0 Å². The van der Waals surface area contributed by atoms with Gasteiger partial charge in [-0.05, 0) is 48.0 Å². The highest BCUT2D eigenvalue weighted by atomic mass is 16.6. The predicted octanol–water partition coefficient (Wildman–Crippen LogP) is 5.18. The Morgan fingerprint density at radius 1 is 0.973 bits per heavy atom. The summed E-state index contributed by atoms with van der Waals surface area (Å²) in [6.45, 7) is 0. The lowest BCUT2D eigenvalue weighted by atomic mass is 10.1. The zero-order valence-corrected chi connectivity index (χ0v) is 19.4. The number of allylic oxidation sites excluding steroid dienone is 1. The molecule has 0 aliphatic rings. The molecule has 1 aromatic heterocycles. The minimum atomic E-state index is -0.617. The first-order chi connectivity index (χ1) is 17.8. The first-order valence-corrected chi connectivity index (χ1v) is 10.9. The van der Waals surface area contributed by atoms with Crippen LogP contribution < -0.4 is 5.32 Å². The van der Waals surface area contributed by atoms with Crippen molar-refractivity contribution in [2.45, 2.75) is 0 Å². The SMILES string of the molecule is COC(=O)c1cc(-c2cccc(NC(=O)c3ccc(/C=C/C(=O)c4ccc([N+](=O)[O-])cc4)cc3)c2)on1. The number of carbonyl (C=O) groups is 3. The molecular formula is C27H19N3O7. The molecule has 10 nitrogen and oxygen atoms in total. The van der Waals surface area contributed by atoms with Crippen molar-refractivity contribution in [1.82, 2.24) is 5.16 Å². The zero-order chi connectivity index (χ0) is 26.4. The van der Waals surface area contributed by atoms with Gasteiger partial charge < -0.3 is 14.6 Å². The largest absolute Gasteiger partial charge is 0.464 e. The maximum absolute atomic E-state index is 12.7. The van der Waals surface area contributed by atoms with Crippen LogP contribution in [0.2, 0.25) is 0 Å². The summed E-state index contributed by atoms with van der Waals surface area (Å²) in [5, 5.41) is 17.2. The number of aromatic nitrogens is 1. The quantitative estimate of drug-likeness (QED) is 0.115. The number of nitro groups is 1. The highest BCUT2D eigenvalue weighted by molar-refractivity contribution is 6.07. The Kier molecular flexibility index (Phi) is 7.29. The fraction of sp³-hybridized carbons (Fsp3) is 0.0370. The Labute approximate surface area is 210 Å². The minimum absolute atomic E-state index is 0.0375. The van der Waals surface area contributed by atoms with Crippen molar-refractivity contribution in [3.05, 3.63) is 117 Å². The van der Waals surface area contributed by atoms with Crippen molar-refractivity contribution < 1.29 is 28.6 Å². The third kappa shape index (κ3) is 6.01. The Hall–Kier alpha value is -5.38. The average molecular weight is 497 g/mol. The Bertz CT molecular complexity index is 1500. The van der Waals surface area contributed by atoms with Gasteiger partial charge in [-0.2, -0.15) is 0 Å². The number of anilines is 1. The number of esters is 1. The number of ketones is 1. The van der Waals surface area contributed by atoms with Gasteiger partial charge in [-0.25, -0.2) is 4.79 Å². The summed E-state index contributed by atoms with van der Waals surface area (Å²) >= 11 is 0. The van der Waals surface area contributed by atoms with Crippen LogP contribution >= 0.6 is 0 Å². The van der Waals surface area contributed by atoms with E-state index in [0.29, 0.717) is 33.7 Å². The molecule has 0 unspecified atom stereocenters. The summed E-state index contributed by atoms with van der Waals surface area (Å²) < 4.78 is 9.81. The zero-order valence-electron chi connectivity index (χ0n) is 19.4. The van der Waals surface area contributed by atoms with Gasteiger partial charge in [0.2, 0.25) is 0 Å². The average Bonchev–Trinajstić information content (AvgIpc) is 3.42. The van der Waals surface area contributed by atoms with Gasteiger partial charge in [0, 0.05) is 40.6 Å². The van der Waals surface area contributed by atoms with Gasteiger partial charge in [0.05, 0.1) is 12.0 Å². The molecule has 0 radical (unpaired) electrons. The number of nitrogens with zero attached hydrogens (tertiary/aromatic N) is 2. The lowest BCUT2D eigenvalue weighted by molar-refractivity contribution is -0.384. The number of hydrogen-bond acceptors (Lipinski definition) is 8. The lowest BCUT2D eigenvalue weighted by Crippen LogP contribution is -2.11. The van der Waals surface area contributed by atoms with E-state index in [9.17, 15) is 24.5 Å². The van der Waals surface area contributed by atoms with Crippen molar-refractivity contribution in [1.29, 1.82) is 0 Å². The Balaban J connectivity index is 1.39. The van der Waals surface area contributed by atoms with E-state index in [1.165, 1.54) is 43.5 Å². The second kappa shape index (κ2) is 10.9. The van der Waals surface area contributed by atoms with Crippen LogP contribution in [-0.2, 0) is 4.74 Å². The van der Waals surface area contributed by atoms with E-state index >= 15 is 0 Å². The van der Waals surface area contributed by atoms with E-state index in [0.717, 1.165) is 0 Å². The van der Waals surface area contributed by atoms with Crippen LogP contribution in [0.25, 0.3) is 17.4 Å². The van der Waals surface area contributed by atoms with Crippen molar-refractivity contribution in [2.75, 3.05) is 12.4 Å². The van der Waals surface area contributed by atoms with Crippen LogP contribution in [0.15, 0.2) is 89.5 Å². The summed E-state index contributed by atoms with van der Waals surface area (Å²) in [5.74, 6) is -0.922. The van der Waals surface area contributed by atoms with Gasteiger partial charge in [-0.1, -0.05) is 35.5 Å². The number of benzene rings is 3. The molecule has 4 rings (SSSR count). The summed E-state index contributed by atoms with van der Waals surface area (Å²) in [4.78, 5) is 46.8. The summed E-state index contributed by atoms with van der Waals surface area (Å²) in [7, 11) is 1.25. The number of nitrogens with one attached hydrogen (secondary N) is 1. The van der Waals surface area contributed by atoms with E-state index in [1.807, 2.05) is 0 Å². The third-order valence-corrected chi connectivity index (χ3v) is 5.27. The maximum Gasteiger partial charge on any atom is 0.360 e. The van der Waals surface area contributed by atoms with E-state index in [-0.39, 0.29) is 23.1 Å². The fourth-order valence-electron chi connectivity index (χ4n) is 3.33. The summed E-state index contributed by atoms with van der Waals surface area (Å²) in [6, 6.07) is 20.3. The van der Waals surface area contributed by atoms with Gasteiger partial charge in [-0.3, -0.25) is 19.7 Å². The molecule has 0 fully saturated rings. The highest BCUT2D eigenvalue weighted by Crippen LogP contribution is 2.24. The molecule has 184 valence electrons. The van der Waals surface area contributed by atoms with Gasteiger partial charge >= 0.3 is 5.97 Å². The summed E-state index contributed by atoms with van der Waals surface area (Å²) in [6.07, 6.45) is 2.95. The number of nitro benzene ring substituents is 1. The van der Waals surface area contributed by atoms with Crippen LogP contribution in [0.3, 0.4) is 0 Å². The number of ether oxygens (including phenoxy) is 1. The highest BCUT2D eigenvalue weighted by Gasteiger charge is 2.15. The number of hydrogen-bond donors (Lipinski definition) is 1. The topological polar surface area (TPSA) is 142 Å². The first-order valence-electron chi connectivity index (χ1n) is 10.9. The van der Waals surface area contributed by atoms with Crippen molar-refractivity contribution in [3.8, 4) is 11.3 Å². The first kappa shape index (κ1) is 24.7. The number of amides is 1. The molecule has 0 atom stereocenters. The van der Waals surface area contributed by atoms with Gasteiger partial charge in [0.1, 0.15) is 0 Å². The number of non-ortho nitro benzene ring substituents is 1. The molecule has 10 heteroatoms. The Morgan fingerprint density at radius 3 is 2.35 bits per heavy atom. The monoisotopic (exact) mass is 497 g/mol. The molecule has 1 amide bonds. The van der Waals surface area contributed by atoms with E-state index < -0.39 is 10.9 Å². The normalized spacial score (nSPS) is 10.7. The maximum atomic E-state index is 12.7. The smallest absolute Gasteiger partial charge is 0.360 e. The molecule has 4 aromatic rings. The number of rotatable bonds is 8. The van der Waals surface area contributed by atoms with Crippen LogP contribution in [0, 0.1) is 10.1 Å². The molecule has 1 heterocycles. The number of carbonyl (C=O) groups excluding carboxylic acids is 3. The molecule has 0 saturated carbocycles. The second-order valence-electron chi connectivity index (χ2n) is 7.73. The van der Waals surface area contributed by atoms with E-state index in [1.54, 1.807) is 54.6 Å². The van der Waals surface area contributed by atoms with Gasteiger partial charge in [-0.15, -0.1) is 0 Å². The van der Waals surface area contributed by atoms with Crippen LogP contribution in [0.4, 0.5) is 11.4 Å². The molecule has 37 heavy (non-hydrogen) atoms. The molecule has 0 bridgehead atoms. The van der Waals surface area contributed by atoms with Gasteiger partial charge in [0.25, 0.3) is 11.6 Å². The van der Waals surface area contributed by atoms with Crippen molar-refractivity contribution in [2.24, 2.45) is 0 Å². The van der Waals surface area contributed by atoms with Crippen LogP contribution in [-0.4, -0.2) is 34.8 Å². The molecule has 0 saturated heterocycles. The van der Waals surface area contributed by atoms with Crippen LogP contribution in [0.1, 0.15) is 36.8 Å². The molecule has 0 spiro atoms. The molecule has 1 N–H and O–H groups in total. The third-order valence-electron chi connectivity index (χ3n) is 5.27. The van der Waals surface area contributed by atoms with Gasteiger partial charge in [0.15, 0.2) is 17.2 Å². The lowest BCUT2D eigenvalue weighted by Gasteiger charge is -2.07. The fourth-order valence-corrected chi connectivity index (χ4v) is 3.33. The second-order valence-corrected chi connectivity index (χ2v) is 7.73. The Morgan fingerprint density at radius 2 is 1.68 bits per heavy atom. The predicted molar refractivity (Wildman–Crippen MR) is 134 cm³/mol. The molecule has 0 aliphatic carbocycles. The van der Waals surface area contributed by atoms with Crippen molar-refractivity contribution >= 4 is 35.1 Å². The molecular weight excluding hydrogens is 478 g/mol. The van der Waals surface area contributed by atoms with E-state index in [4.69, 9.17) is 4.52 Å². The van der Waals surface area contributed by atoms with Crippen LogP contribution in [0.5, 0.6) is 0 Å². The van der Waals surface area contributed by atoms with E-state index in [2.05, 4.69) is 15.2 Å².